The van der Waals surface area contributed by atoms with E-state index in [1.807, 2.05) is 30.3 Å². The summed E-state index contributed by atoms with van der Waals surface area (Å²) in [5, 5.41) is 20.4. The van der Waals surface area contributed by atoms with Crippen LogP contribution < -0.4 is 0 Å². The summed E-state index contributed by atoms with van der Waals surface area (Å²) in [6, 6.07) is 17.8. The largest absolute Gasteiger partial charge is 0.478 e. The fourth-order valence-electron chi connectivity index (χ4n) is 5.69. The first-order valence-electron chi connectivity index (χ1n) is 16.6. The summed E-state index contributed by atoms with van der Waals surface area (Å²) in [4.78, 5) is 23.4. The smallest absolute Gasteiger partial charge is 0.336 e. The maximum absolute atomic E-state index is 11.9. The Kier molecular flexibility index (Phi) is 19.2. The zero-order chi connectivity index (χ0) is 34.8. The second kappa shape index (κ2) is 21.9. The van der Waals surface area contributed by atoms with Crippen LogP contribution in [-0.2, 0) is 12.8 Å². The third-order valence-electron chi connectivity index (χ3n) is 8.17. The van der Waals surface area contributed by atoms with Gasteiger partial charge in [-0.3, -0.25) is 0 Å². The van der Waals surface area contributed by atoms with Crippen molar-refractivity contribution in [3.8, 4) is 0 Å². The number of aryl methyl sites for hydroxylation is 1. The molecule has 0 aliphatic heterocycles. The van der Waals surface area contributed by atoms with Gasteiger partial charge in [-0.25, -0.2) is 9.59 Å². The number of carbonyl (C=O) groups is 2. The van der Waals surface area contributed by atoms with Gasteiger partial charge in [0.15, 0.2) is 0 Å². The molecule has 47 heavy (non-hydrogen) atoms. The number of alkyl halides is 3. The van der Waals surface area contributed by atoms with E-state index < -0.39 is 15.7 Å². The molecule has 0 unspecified atom stereocenters. The summed E-state index contributed by atoms with van der Waals surface area (Å²) in [6.45, 7) is 4.39. The first-order chi connectivity index (χ1) is 22.4. The Hall–Kier alpha value is -1.95. The van der Waals surface area contributed by atoms with Crippen molar-refractivity contribution in [3.05, 3.63) is 104 Å². The molecule has 2 N–H and O–H groups in total. The standard InChI is InChI=1S/C24H38O4.C14H9Cl5/c1-3-5-7-9-11-13-15-19-17-18-21(23(25)26)22(24(27)28)20(19)16-14-12-10-8-6-4-2;15-11-5-1-9(2-6-11)13(14(17,18)19)10-3-7-12(16)8-4-10/h17-18H,3-16H2,1-2H3,(H,25,26)(H,27,28);1-8,13H. The number of benzene rings is 3. The van der Waals surface area contributed by atoms with Crippen molar-refractivity contribution >= 4 is 69.9 Å². The fraction of sp³-hybridized carbons (Fsp3) is 0.474. The highest BCUT2D eigenvalue weighted by molar-refractivity contribution is 6.68. The van der Waals surface area contributed by atoms with E-state index in [-0.39, 0.29) is 17.0 Å². The highest BCUT2D eigenvalue weighted by atomic mass is 35.6. The molecule has 0 aliphatic carbocycles. The molecule has 4 nitrogen and oxygen atoms in total. The van der Waals surface area contributed by atoms with E-state index in [4.69, 9.17) is 58.0 Å². The van der Waals surface area contributed by atoms with Gasteiger partial charge in [0.25, 0.3) is 0 Å². The molecule has 0 amide bonds. The van der Waals surface area contributed by atoms with Gasteiger partial charge in [-0.1, -0.05) is 166 Å². The Bertz CT molecular complexity index is 1320. The molecular formula is C38H47Cl5O4. The van der Waals surface area contributed by atoms with Crippen LogP contribution in [0.5, 0.6) is 0 Å². The van der Waals surface area contributed by atoms with Crippen molar-refractivity contribution < 1.29 is 19.8 Å². The normalized spacial score (nSPS) is 11.3. The summed E-state index contributed by atoms with van der Waals surface area (Å²) in [5.41, 5.74) is 3.45. The van der Waals surface area contributed by atoms with E-state index in [1.165, 1.54) is 51.0 Å². The molecule has 0 atom stereocenters. The van der Waals surface area contributed by atoms with E-state index in [0.717, 1.165) is 60.8 Å². The lowest BCUT2D eigenvalue weighted by Crippen LogP contribution is -2.18. The fourth-order valence-corrected chi connectivity index (χ4v) is 6.70. The molecule has 9 heteroatoms. The van der Waals surface area contributed by atoms with Crippen molar-refractivity contribution in [2.75, 3.05) is 0 Å². The summed E-state index contributed by atoms with van der Waals surface area (Å²) in [5.74, 6) is -2.66. The van der Waals surface area contributed by atoms with E-state index in [1.54, 1.807) is 24.3 Å². The zero-order valence-corrected chi connectivity index (χ0v) is 31.1. The highest BCUT2D eigenvalue weighted by Gasteiger charge is 2.35. The van der Waals surface area contributed by atoms with E-state index >= 15 is 0 Å². The van der Waals surface area contributed by atoms with Crippen molar-refractivity contribution in [2.45, 2.75) is 113 Å². The number of rotatable bonds is 18. The van der Waals surface area contributed by atoms with Crippen LogP contribution in [0.15, 0.2) is 60.7 Å². The van der Waals surface area contributed by atoms with Gasteiger partial charge < -0.3 is 10.2 Å². The maximum Gasteiger partial charge on any atom is 0.336 e. The van der Waals surface area contributed by atoms with Crippen LogP contribution >= 0.6 is 58.0 Å². The van der Waals surface area contributed by atoms with Crippen molar-refractivity contribution in [3.63, 3.8) is 0 Å². The van der Waals surface area contributed by atoms with Gasteiger partial charge in [0.05, 0.1) is 17.0 Å². The predicted octanol–water partition coefficient (Wildman–Crippen LogP) is 13.4. The Labute approximate surface area is 305 Å². The Balaban J connectivity index is 0.000000350. The molecule has 0 aromatic heterocycles. The van der Waals surface area contributed by atoms with E-state index in [2.05, 4.69) is 13.8 Å². The van der Waals surface area contributed by atoms with Gasteiger partial charge in [-0.05, 0) is 78.3 Å². The number of hydrogen-bond donors (Lipinski definition) is 2. The van der Waals surface area contributed by atoms with Gasteiger partial charge in [-0.2, -0.15) is 0 Å². The second-order valence-corrected chi connectivity index (χ2v) is 15.1. The van der Waals surface area contributed by atoms with Crippen LogP contribution in [0.2, 0.25) is 10.0 Å². The molecule has 0 heterocycles. The van der Waals surface area contributed by atoms with Crippen LogP contribution in [0.25, 0.3) is 0 Å². The Morgan fingerprint density at radius 1 is 0.596 bits per heavy atom. The molecule has 0 saturated carbocycles. The molecule has 0 aliphatic rings. The first-order valence-corrected chi connectivity index (χ1v) is 18.5. The molecule has 0 fully saturated rings. The molecule has 0 radical (unpaired) electrons. The minimum Gasteiger partial charge on any atom is -0.478 e. The lowest BCUT2D eigenvalue weighted by molar-refractivity contribution is 0.0650. The SMILES string of the molecule is CCCCCCCCc1ccc(C(=O)O)c(C(=O)O)c1CCCCCCCC.Clc1ccc(C(c2ccc(Cl)cc2)C(Cl)(Cl)Cl)cc1. The molecule has 3 aromatic rings. The molecule has 258 valence electrons. The highest BCUT2D eigenvalue weighted by Crippen LogP contribution is 2.46. The number of hydrogen-bond acceptors (Lipinski definition) is 2. The van der Waals surface area contributed by atoms with Gasteiger partial charge in [0.1, 0.15) is 0 Å². The molecule has 0 bridgehead atoms. The monoisotopic (exact) mass is 742 g/mol. The van der Waals surface area contributed by atoms with Gasteiger partial charge in [0.2, 0.25) is 3.79 Å². The van der Waals surface area contributed by atoms with Gasteiger partial charge in [0, 0.05) is 10.0 Å². The molecular weight excluding hydrogens is 698 g/mol. The van der Waals surface area contributed by atoms with Crippen LogP contribution in [-0.4, -0.2) is 25.9 Å². The van der Waals surface area contributed by atoms with Crippen LogP contribution in [0.1, 0.15) is 140 Å². The Morgan fingerprint density at radius 3 is 1.43 bits per heavy atom. The molecule has 3 aromatic carbocycles. The number of aromatic carboxylic acids is 2. The van der Waals surface area contributed by atoms with Crippen molar-refractivity contribution in [1.29, 1.82) is 0 Å². The van der Waals surface area contributed by atoms with Crippen molar-refractivity contribution in [1.82, 2.24) is 0 Å². The number of unbranched alkanes of at least 4 members (excludes halogenated alkanes) is 10. The number of halogens is 5. The topological polar surface area (TPSA) is 74.6 Å². The minimum atomic E-state index is -1.46. The predicted molar refractivity (Wildman–Crippen MR) is 200 cm³/mol. The average molecular weight is 745 g/mol. The second-order valence-electron chi connectivity index (χ2n) is 11.8. The van der Waals surface area contributed by atoms with E-state index in [9.17, 15) is 19.8 Å². The maximum atomic E-state index is 11.9. The van der Waals surface area contributed by atoms with Crippen LogP contribution in [0.4, 0.5) is 0 Å². The van der Waals surface area contributed by atoms with Crippen LogP contribution in [0, 0.1) is 0 Å². The van der Waals surface area contributed by atoms with Crippen molar-refractivity contribution in [2.24, 2.45) is 0 Å². The summed E-state index contributed by atoms with van der Waals surface area (Å²) < 4.78 is -1.46. The Morgan fingerprint density at radius 2 is 1.02 bits per heavy atom. The van der Waals surface area contributed by atoms with E-state index in [0.29, 0.717) is 16.5 Å². The quantitative estimate of drug-likeness (QED) is 0.100. The third kappa shape index (κ3) is 14.6. The first kappa shape index (κ1) is 41.2. The summed E-state index contributed by atoms with van der Waals surface area (Å²) >= 11 is 30.1. The summed E-state index contributed by atoms with van der Waals surface area (Å²) in [6.07, 6.45) is 15.4. The lowest BCUT2D eigenvalue weighted by Gasteiger charge is -2.25. The minimum absolute atomic E-state index is 0.00420. The zero-order valence-electron chi connectivity index (χ0n) is 27.4. The lowest BCUT2D eigenvalue weighted by atomic mass is 9.89. The van der Waals surface area contributed by atoms with Crippen LogP contribution in [0.3, 0.4) is 0 Å². The van der Waals surface area contributed by atoms with Gasteiger partial charge in [-0.15, -0.1) is 0 Å². The number of carboxylic acid groups (broad SMARTS) is 2. The molecule has 0 spiro atoms. The molecule has 0 saturated heterocycles. The molecule has 3 rings (SSSR count). The number of carboxylic acids is 2. The van der Waals surface area contributed by atoms with Gasteiger partial charge >= 0.3 is 11.9 Å². The summed E-state index contributed by atoms with van der Waals surface area (Å²) in [7, 11) is 0. The average Bonchev–Trinajstić information content (AvgIpc) is 3.02. The third-order valence-corrected chi connectivity index (χ3v) is 9.33.